The predicted molar refractivity (Wildman–Crippen MR) is 106 cm³/mol. The second kappa shape index (κ2) is 11.1. The molecule has 0 spiro atoms. The number of rotatable bonds is 8. The number of aromatic nitrogens is 1. The minimum absolute atomic E-state index is 0.540. The van der Waals surface area contributed by atoms with E-state index in [0.717, 1.165) is 25.5 Å². The summed E-state index contributed by atoms with van der Waals surface area (Å²) in [7, 11) is 0. The Labute approximate surface area is 153 Å². The summed E-state index contributed by atoms with van der Waals surface area (Å²) in [6.07, 6.45) is 9.76. The number of hydrogen-bond donors (Lipinski definition) is 2. The molecule has 0 unspecified atom stereocenters. The van der Waals surface area contributed by atoms with Gasteiger partial charge in [-0.25, -0.2) is 0 Å². The van der Waals surface area contributed by atoms with Crippen LogP contribution in [0.5, 0.6) is 0 Å². The molecular weight excluding hydrogens is 310 g/mol. The Morgan fingerprint density at radius 1 is 1.32 bits per heavy atom. The van der Waals surface area contributed by atoms with E-state index in [1.165, 1.54) is 56.4 Å². The van der Waals surface area contributed by atoms with Crippen molar-refractivity contribution in [2.24, 2.45) is 4.99 Å². The SMILES string of the molecule is CCCCN1CCC(NC(=NCCc2ccncc2C)NCC)CC1. The molecule has 1 aliphatic heterocycles. The Bertz CT molecular complexity index is 521. The summed E-state index contributed by atoms with van der Waals surface area (Å²) in [5.74, 6) is 0.959. The van der Waals surface area contributed by atoms with Crippen LogP contribution in [-0.2, 0) is 6.42 Å². The van der Waals surface area contributed by atoms with Gasteiger partial charge in [0.2, 0.25) is 0 Å². The van der Waals surface area contributed by atoms with Gasteiger partial charge in [0, 0.05) is 44.6 Å². The van der Waals surface area contributed by atoms with Crippen molar-refractivity contribution < 1.29 is 0 Å². The maximum Gasteiger partial charge on any atom is 0.191 e. The van der Waals surface area contributed by atoms with Gasteiger partial charge >= 0.3 is 0 Å². The van der Waals surface area contributed by atoms with Crippen LogP contribution in [0.3, 0.4) is 0 Å². The molecule has 5 nitrogen and oxygen atoms in total. The lowest BCUT2D eigenvalue weighted by atomic mass is 10.0. The molecule has 0 amide bonds. The Balaban J connectivity index is 1.79. The van der Waals surface area contributed by atoms with Gasteiger partial charge in [-0.3, -0.25) is 9.98 Å². The Hall–Kier alpha value is -1.62. The number of nitrogens with one attached hydrogen (secondary N) is 2. The predicted octanol–water partition coefficient (Wildman–Crippen LogP) is 2.75. The van der Waals surface area contributed by atoms with Crippen LogP contribution in [0.4, 0.5) is 0 Å². The molecule has 25 heavy (non-hydrogen) atoms. The zero-order chi connectivity index (χ0) is 17.9. The quantitative estimate of drug-likeness (QED) is 0.562. The normalized spacial score (nSPS) is 16.8. The van der Waals surface area contributed by atoms with Crippen molar-refractivity contribution in [1.29, 1.82) is 0 Å². The van der Waals surface area contributed by atoms with Crippen LogP contribution in [0, 0.1) is 6.92 Å². The number of aliphatic imine (C=N–C) groups is 1. The fourth-order valence-corrected chi connectivity index (χ4v) is 3.27. The zero-order valence-electron chi connectivity index (χ0n) is 16.2. The molecule has 1 aliphatic rings. The van der Waals surface area contributed by atoms with Crippen molar-refractivity contribution in [3.05, 3.63) is 29.6 Å². The van der Waals surface area contributed by atoms with E-state index in [4.69, 9.17) is 4.99 Å². The summed E-state index contributed by atoms with van der Waals surface area (Å²) in [6.45, 7) is 11.9. The lowest BCUT2D eigenvalue weighted by molar-refractivity contribution is 0.203. The number of hydrogen-bond acceptors (Lipinski definition) is 3. The van der Waals surface area contributed by atoms with E-state index in [-0.39, 0.29) is 0 Å². The maximum absolute atomic E-state index is 4.77. The van der Waals surface area contributed by atoms with E-state index < -0.39 is 0 Å². The molecule has 0 atom stereocenters. The summed E-state index contributed by atoms with van der Waals surface area (Å²) in [5.41, 5.74) is 2.58. The standard InChI is InChI=1S/C20H35N5/c1-4-6-13-25-14-9-19(10-15-25)24-20(22-5-2)23-12-8-18-7-11-21-16-17(18)3/h7,11,16,19H,4-6,8-10,12-15H2,1-3H3,(H2,22,23,24). The van der Waals surface area contributed by atoms with Crippen molar-refractivity contribution >= 4 is 5.96 Å². The second-order valence-corrected chi connectivity index (χ2v) is 6.93. The fourth-order valence-electron chi connectivity index (χ4n) is 3.27. The molecule has 1 aromatic heterocycles. The average molecular weight is 346 g/mol. The molecule has 0 saturated carbocycles. The van der Waals surface area contributed by atoms with Gasteiger partial charge in [0.1, 0.15) is 0 Å². The van der Waals surface area contributed by atoms with E-state index in [1.54, 1.807) is 0 Å². The van der Waals surface area contributed by atoms with Gasteiger partial charge in [0.05, 0.1) is 0 Å². The van der Waals surface area contributed by atoms with E-state index in [9.17, 15) is 0 Å². The number of likely N-dealkylation sites (tertiary alicyclic amines) is 1. The number of aryl methyl sites for hydroxylation is 1. The molecule has 1 saturated heterocycles. The highest BCUT2D eigenvalue weighted by molar-refractivity contribution is 5.80. The number of pyridine rings is 1. The third-order valence-electron chi connectivity index (χ3n) is 4.89. The molecule has 0 aromatic carbocycles. The van der Waals surface area contributed by atoms with Gasteiger partial charge in [-0.15, -0.1) is 0 Å². The summed E-state index contributed by atoms with van der Waals surface area (Å²) in [5, 5.41) is 7.02. The topological polar surface area (TPSA) is 52.5 Å². The molecular formula is C20H35N5. The smallest absolute Gasteiger partial charge is 0.191 e. The van der Waals surface area contributed by atoms with Crippen molar-refractivity contribution in [2.75, 3.05) is 32.7 Å². The van der Waals surface area contributed by atoms with E-state index in [2.05, 4.69) is 47.4 Å². The molecule has 5 heteroatoms. The van der Waals surface area contributed by atoms with Gasteiger partial charge < -0.3 is 15.5 Å². The minimum atomic E-state index is 0.540. The molecule has 1 fully saturated rings. The molecule has 2 N–H and O–H groups in total. The van der Waals surface area contributed by atoms with Crippen LogP contribution in [-0.4, -0.2) is 54.6 Å². The lowest BCUT2D eigenvalue weighted by Crippen LogP contribution is -2.48. The van der Waals surface area contributed by atoms with Crippen LogP contribution in [0.15, 0.2) is 23.5 Å². The van der Waals surface area contributed by atoms with Crippen LogP contribution in [0.25, 0.3) is 0 Å². The van der Waals surface area contributed by atoms with Crippen molar-refractivity contribution in [3.8, 4) is 0 Å². The largest absolute Gasteiger partial charge is 0.357 e. The van der Waals surface area contributed by atoms with Gasteiger partial charge in [-0.1, -0.05) is 13.3 Å². The van der Waals surface area contributed by atoms with Gasteiger partial charge in [0.25, 0.3) is 0 Å². The number of unbranched alkanes of at least 4 members (excludes halogenated alkanes) is 1. The van der Waals surface area contributed by atoms with Crippen molar-refractivity contribution in [3.63, 3.8) is 0 Å². The maximum atomic E-state index is 4.77. The van der Waals surface area contributed by atoms with E-state index in [1.807, 2.05) is 12.4 Å². The molecule has 0 aliphatic carbocycles. The van der Waals surface area contributed by atoms with E-state index in [0.29, 0.717) is 6.04 Å². The molecule has 2 heterocycles. The molecule has 2 rings (SSSR count). The number of nitrogens with zero attached hydrogens (tertiary/aromatic N) is 3. The molecule has 0 radical (unpaired) electrons. The van der Waals surface area contributed by atoms with E-state index >= 15 is 0 Å². The minimum Gasteiger partial charge on any atom is -0.357 e. The first-order valence-corrected chi connectivity index (χ1v) is 9.89. The summed E-state index contributed by atoms with van der Waals surface area (Å²) >= 11 is 0. The summed E-state index contributed by atoms with van der Waals surface area (Å²) in [4.78, 5) is 11.5. The highest BCUT2D eigenvalue weighted by atomic mass is 15.2. The Kier molecular flexibility index (Phi) is 8.73. The van der Waals surface area contributed by atoms with Crippen LogP contribution < -0.4 is 10.6 Å². The summed E-state index contributed by atoms with van der Waals surface area (Å²) in [6, 6.07) is 2.63. The van der Waals surface area contributed by atoms with Gasteiger partial charge in [-0.05, 0) is 63.3 Å². The van der Waals surface area contributed by atoms with Crippen molar-refractivity contribution in [1.82, 2.24) is 20.5 Å². The van der Waals surface area contributed by atoms with Crippen molar-refractivity contribution in [2.45, 2.75) is 58.9 Å². The number of guanidine groups is 1. The summed E-state index contributed by atoms with van der Waals surface area (Å²) < 4.78 is 0. The highest BCUT2D eigenvalue weighted by Gasteiger charge is 2.19. The number of piperidine rings is 1. The first-order chi connectivity index (χ1) is 12.2. The molecule has 1 aromatic rings. The highest BCUT2D eigenvalue weighted by Crippen LogP contribution is 2.11. The second-order valence-electron chi connectivity index (χ2n) is 6.93. The van der Waals surface area contributed by atoms with Gasteiger partial charge in [-0.2, -0.15) is 0 Å². The molecule has 140 valence electrons. The van der Waals surface area contributed by atoms with Crippen LogP contribution >= 0.6 is 0 Å². The van der Waals surface area contributed by atoms with Gasteiger partial charge in [0.15, 0.2) is 5.96 Å². The Morgan fingerprint density at radius 3 is 2.80 bits per heavy atom. The third-order valence-corrected chi connectivity index (χ3v) is 4.89. The Morgan fingerprint density at radius 2 is 2.12 bits per heavy atom. The van der Waals surface area contributed by atoms with Crippen LogP contribution in [0.1, 0.15) is 50.7 Å². The molecule has 0 bridgehead atoms. The first kappa shape index (κ1) is 19.7. The third kappa shape index (κ3) is 7.02. The first-order valence-electron chi connectivity index (χ1n) is 9.89. The zero-order valence-corrected chi connectivity index (χ0v) is 16.2. The lowest BCUT2D eigenvalue weighted by Gasteiger charge is -2.33. The average Bonchev–Trinajstić information content (AvgIpc) is 2.63. The van der Waals surface area contributed by atoms with Crippen LogP contribution in [0.2, 0.25) is 0 Å². The fraction of sp³-hybridized carbons (Fsp3) is 0.700. The monoisotopic (exact) mass is 345 g/mol.